The van der Waals surface area contributed by atoms with Gasteiger partial charge in [-0.25, -0.2) is 9.37 Å². The Morgan fingerprint density at radius 2 is 1.86 bits per heavy atom. The van der Waals surface area contributed by atoms with Crippen LogP contribution in [-0.2, 0) is 6.42 Å². The van der Waals surface area contributed by atoms with Gasteiger partial charge >= 0.3 is 0 Å². The molecular weight excluding hydrogens is 347 g/mol. The summed E-state index contributed by atoms with van der Waals surface area (Å²) in [6.07, 6.45) is 5.16. The first-order chi connectivity index (χ1) is 13.5. The Labute approximate surface area is 166 Å². The van der Waals surface area contributed by atoms with E-state index >= 15 is 0 Å². The Bertz CT molecular complexity index is 1000. The highest BCUT2D eigenvalue weighted by Gasteiger charge is 2.46. The third kappa shape index (κ3) is 2.96. The number of hydrogen-bond donors (Lipinski definition) is 1. The van der Waals surface area contributed by atoms with Crippen LogP contribution < -0.4 is 0 Å². The number of hydrogen-bond acceptors (Lipinski definition) is 1. The first-order valence-corrected chi connectivity index (χ1v) is 10.7. The lowest BCUT2D eigenvalue weighted by molar-refractivity contribution is 0.274. The number of H-pyrrole nitrogens is 1. The van der Waals surface area contributed by atoms with E-state index in [1.807, 2.05) is 31.2 Å². The van der Waals surface area contributed by atoms with Gasteiger partial charge in [0.2, 0.25) is 0 Å². The van der Waals surface area contributed by atoms with Crippen molar-refractivity contribution in [3.8, 4) is 11.3 Å². The van der Waals surface area contributed by atoms with Crippen molar-refractivity contribution in [3.63, 3.8) is 0 Å². The predicted molar refractivity (Wildman–Crippen MR) is 113 cm³/mol. The smallest absolute Gasteiger partial charge is 0.151 e. The zero-order valence-corrected chi connectivity index (χ0v) is 17.0. The second-order valence-electron chi connectivity index (χ2n) is 9.39. The number of aryl methyl sites for hydroxylation is 1. The van der Waals surface area contributed by atoms with Gasteiger partial charge in [0.1, 0.15) is 5.69 Å². The molecule has 2 aromatic heterocycles. The Balaban J connectivity index is 1.43. The van der Waals surface area contributed by atoms with Crippen LogP contribution in [0.15, 0.2) is 36.4 Å². The van der Waals surface area contributed by atoms with Gasteiger partial charge in [-0.05, 0) is 68.3 Å². The summed E-state index contributed by atoms with van der Waals surface area (Å²) in [5, 5.41) is 0. The fraction of sp³-hybridized carbons (Fsp3) is 0.480. The molecule has 146 valence electrons. The minimum absolute atomic E-state index is 0.260. The lowest BCUT2D eigenvalue weighted by atomic mass is 9.83. The molecule has 0 saturated heterocycles. The van der Waals surface area contributed by atoms with E-state index < -0.39 is 0 Å². The van der Waals surface area contributed by atoms with Crippen LogP contribution in [0.2, 0.25) is 0 Å². The average Bonchev–Trinajstić information content (AvgIpc) is 3.32. The number of aromatic nitrogens is 2. The van der Waals surface area contributed by atoms with Crippen LogP contribution in [0.4, 0.5) is 4.39 Å². The molecule has 5 atom stereocenters. The molecule has 1 N–H and O–H groups in total. The normalized spacial score (nSPS) is 29.5. The molecule has 3 aromatic rings. The van der Waals surface area contributed by atoms with Crippen molar-refractivity contribution < 1.29 is 4.39 Å². The van der Waals surface area contributed by atoms with Crippen molar-refractivity contribution in [3.05, 3.63) is 53.5 Å². The molecule has 2 saturated carbocycles. The van der Waals surface area contributed by atoms with E-state index in [2.05, 4.69) is 29.9 Å². The van der Waals surface area contributed by atoms with E-state index in [-0.39, 0.29) is 5.82 Å². The molecule has 2 nitrogen and oxygen atoms in total. The molecule has 0 spiro atoms. The molecule has 0 bridgehead atoms. The minimum atomic E-state index is -0.260. The SMILES string of the molecule is Cc1ccc(-c2nc3cc(CC4CCC5C(C)CC(C)C45)[nH]c3cc2F)cc1. The molecule has 1 aromatic carbocycles. The number of pyridine rings is 1. The second kappa shape index (κ2) is 6.72. The number of benzene rings is 1. The maximum atomic E-state index is 14.7. The van der Waals surface area contributed by atoms with Crippen molar-refractivity contribution in [2.24, 2.45) is 29.6 Å². The van der Waals surface area contributed by atoms with Crippen LogP contribution in [0.3, 0.4) is 0 Å². The number of nitrogens with one attached hydrogen (secondary N) is 1. The number of halogens is 1. The summed E-state index contributed by atoms with van der Waals surface area (Å²) in [7, 11) is 0. The maximum Gasteiger partial charge on any atom is 0.151 e. The Morgan fingerprint density at radius 1 is 1.07 bits per heavy atom. The third-order valence-electron chi connectivity index (χ3n) is 7.46. The first-order valence-electron chi connectivity index (χ1n) is 10.7. The molecule has 2 aliphatic carbocycles. The fourth-order valence-corrected chi connectivity index (χ4v) is 6.24. The van der Waals surface area contributed by atoms with E-state index in [1.165, 1.54) is 30.5 Å². The van der Waals surface area contributed by atoms with E-state index in [9.17, 15) is 4.39 Å². The van der Waals surface area contributed by atoms with Gasteiger partial charge < -0.3 is 4.98 Å². The average molecular weight is 377 g/mol. The molecule has 2 fully saturated rings. The molecule has 3 heteroatoms. The van der Waals surface area contributed by atoms with Crippen molar-refractivity contribution >= 4 is 11.0 Å². The highest BCUT2D eigenvalue weighted by atomic mass is 19.1. The zero-order valence-electron chi connectivity index (χ0n) is 17.0. The summed E-state index contributed by atoms with van der Waals surface area (Å²) in [4.78, 5) is 8.11. The first kappa shape index (κ1) is 17.9. The molecular formula is C25H29FN2. The van der Waals surface area contributed by atoms with Crippen molar-refractivity contribution in [1.29, 1.82) is 0 Å². The summed E-state index contributed by atoms with van der Waals surface area (Å²) in [5.41, 5.74) is 5.33. The van der Waals surface area contributed by atoms with E-state index in [4.69, 9.17) is 0 Å². The quantitative estimate of drug-likeness (QED) is 0.552. The van der Waals surface area contributed by atoms with Crippen molar-refractivity contribution in [1.82, 2.24) is 9.97 Å². The van der Waals surface area contributed by atoms with Crippen LogP contribution in [0.1, 0.15) is 44.4 Å². The van der Waals surface area contributed by atoms with Crippen LogP contribution >= 0.6 is 0 Å². The van der Waals surface area contributed by atoms with Gasteiger partial charge in [0.05, 0.1) is 11.0 Å². The standard InChI is InChI=1S/C25H29FN2/c1-14-4-6-17(7-5-14)25-21(26)13-23-22(28-25)12-19(27-23)11-18-8-9-20-15(2)10-16(3)24(18)20/h4-7,12-13,15-16,18,20,24,27H,8-11H2,1-3H3. The van der Waals surface area contributed by atoms with E-state index in [1.54, 1.807) is 6.07 Å². The number of nitrogens with zero attached hydrogens (tertiary/aromatic N) is 1. The van der Waals surface area contributed by atoms with Gasteiger partial charge in [0, 0.05) is 17.3 Å². The molecule has 0 radical (unpaired) electrons. The summed E-state index contributed by atoms with van der Waals surface area (Å²) in [6, 6.07) is 11.7. The summed E-state index contributed by atoms with van der Waals surface area (Å²) < 4.78 is 14.7. The number of fused-ring (bicyclic) bond motifs is 2. The van der Waals surface area contributed by atoms with Crippen LogP contribution in [0, 0.1) is 42.3 Å². The largest absolute Gasteiger partial charge is 0.357 e. The highest BCUT2D eigenvalue weighted by molar-refractivity contribution is 5.80. The van der Waals surface area contributed by atoms with Crippen molar-refractivity contribution in [2.45, 2.75) is 46.5 Å². The molecule has 5 rings (SSSR count). The predicted octanol–water partition coefficient (Wildman–Crippen LogP) is 6.54. The van der Waals surface area contributed by atoms with Gasteiger partial charge in [-0.15, -0.1) is 0 Å². The molecule has 28 heavy (non-hydrogen) atoms. The Morgan fingerprint density at radius 3 is 2.64 bits per heavy atom. The molecule has 2 aliphatic rings. The van der Waals surface area contributed by atoms with E-state index in [0.29, 0.717) is 5.69 Å². The van der Waals surface area contributed by atoms with Crippen LogP contribution in [-0.4, -0.2) is 9.97 Å². The van der Waals surface area contributed by atoms with Gasteiger partial charge in [-0.1, -0.05) is 43.7 Å². The van der Waals surface area contributed by atoms with E-state index in [0.717, 1.165) is 52.6 Å². The van der Waals surface area contributed by atoms with Crippen molar-refractivity contribution in [2.75, 3.05) is 0 Å². The summed E-state index contributed by atoms with van der Waals surface area (Å²) in [5.74, 6) is 3.96. The molecule has 2 heterocycles. The lowest BCUT2D eigenvalue weighted by Gasteiger charge is -2.22. The molecule has 0 aliphatic heterocycles. The fourth-order valence-electron chi connectivity index (χ4n) is 6.24. The van der Waals surface area contributed by atoms with Gasteiger partial charge in [0.25, 0.3) is 0 Å². The maximum absolute atomic E-state index is 14.7. The summed E-state index contributed by atoms with van der Waals surface area (Å²) >= 11 is 0. The summed E-state index contributed by atoms with van der Waals surface area (Å²) in [6.45, 7) is 6.91. The van der Waals surface area contributed by atoms with Gasteiger partial charge in [-0.3, -0.25) is 0 Å². The topological polar surface area (TPSA) is 28.7 Å². The minimum Gasteiger partial charge on any atom is -0.357 e. The van der Waals surface area contributed by atoms with Gasteiger partial charge in [-0.2, -0.15) is 0 Å². The Hall–Kier alpha value is -2.16. The molecule has 0 amide bonds. The molecule has 5 unspecified atom stereocenters. The van der Waals surface area contributed by atoms with Crippen LogP contribution in [0.25, 0.3) is 22.3 Å². The Kier molecular flexibility index (Phi) is 4.30. The number of rotatable bonds is 3. The zero-order chi connectivity index (χ0) is 19.4. The van der Waals surface area contributed by atoms with Gasteiger partial charge in [0.15, 0.2) is 5.82 Å². The highest BCUT2D eigenvalue weighted by Crippen LogP contribution is 2.54. The monoisotopic (exact) mass is 376 g/mol. The number of aromatic amines is 1. The second-order valence-corrected chi connectivity index (χ2v) is 9.39. The lowest BCUT2D eigenvalue weighted by Crippen LogP contribution is -2.18. The van der Waals surface area contributed by atoms with Crippen LogP contribution in [0.5, 0.6) is 0 Å². The third-order valence-corrected chi connectivity index (χ3v) is 7.46.